The lowest BCUT2D eigenvalue weighted by molar-refractivity contribution is 0.110. The zero-order valence-electron chi connectivity index (χ0n) is 8.53. The molecule has 1 aromatic rings. The summed E-state index contributed by atoms with van der Waals surface area (Å²) in [7, 11) is 3.60. The van der Waals surface area contributed by atoms with Crippen molar-refractivity contribution in [2.24, 2.45) is 0 Å². The maximum Gasteiger partial charge on any atom is 0.196 e. The summed E-state index contributed by atoms with van der Waals surface area (Å²) in [5.74, 6) is 1.07. The molecule has 1 rings (SSSR count). The molecule has 4 nitrogen and oxygen atoms in total. The Kier molecular flexibility index (Phi) is 4.19. The van der Waals surface area contributed by atoms with E-state index >= 15 is 0 Å². The van der Waals surface area contributed by atoms with E-state index in [1.54, 1.807) is 19.2 Å². The van der Waals surface area contributed by atoms with Crippen molar-refractivity contribution in [2.45, 2.75) is 6.42 Å². The lowest BCUT2D eigenvalue weighted by Crippen LogP contribution is -2.18. The number of carbonyl (C=O) groups is 1. The van der Waals surface area contributed by atoms with E-state index in [2.05, 4.69) is 0 Å². The van der Waals surface area contributed by atoms with Crippen molar-refractivity contribution < 1.29 is 13.9 Å². The number of anilines is 1. The fraction of sp³-hybridized carbons (Fsp3) is 0.500. The first-order chi connectivity index (χ1) is 6.77. The largest absolute Gasteiger partial charge is 0.438 e. The van der Waals surface area contributed by atoms with Gasteiger partial charge in [-0.05, 0) is 12.5 Å². The highest BCUT2D eigenvalue weighted by atomic mass is 16.5. The second-order valence-electron chi connectivity index (χ2n) is 3.06. The van der Waals surface area contributed by atoms with Crippen molar-refractivity contribution in [3.8, 4) is 0 Å². The van der Waals surface area contributed by atoms with Gasteiger partial charge in [-0.3, -0.25) is 4.79 Å². The van der Waals surface area contributed by atoms with Crippen LogP contribution in [-0.2, 0) is 4.74 Å². The SMILES string of the molecule is COCCCN(C)c1ccc(C=O)o1. The summed E-state index contributed by atoms with van der Waals surface area (Å²) in [6.07, 6.45) is 1.64. The molecule has 14 heavy (non-hydrogen) atoms. The summed E-state index contributed by atoms with van der Waals surface area (Å²) in [6.45, 7) is 1.57. The van der Waals surface area contributed by atoms with Crippen LogP contribution < -0.4 is 4.90 Å². The van der Waals surface area contributed by atoms with Gasteiger partial charge < -0.3 is 14.1 Å². The Bertz CT molecular complexity index is 283. The Balaban J connectivity index is 2.43. The summed E-state index contributed by atoms with van der Waals surface area (Å²) in [5.41, 5.74) is 0. The van der Waals surface area contributed by atoms with Crippen molar-refractivity contribution in [3.63, 3.8) is 0 Å². The van der Waals surface area contributed by atoms with Crippen molar-refractivity contribution in [1.29, 1.82) is 0 Å². The first kappa shape index (κ1) is 10.8. The molecule has 0 saturated carbocycles. The number of furan rings is 1. The first-order valence-corrected chi connectivity index (χ1v) is 4.53. The van der Waals surface area contributed by atoms with Crippen LogP contribution in [-0.4, -0.2) is 33.6 Å². The normalized spacial score (nSPS) is 10.1. The van der Waals surface area contributed by atoms with Crippen LogP contribution in [0.4, 0.5) is 5.88 Å². The zero-order valence-corrected chi connectivity index (χ0v) is 8.53. The molecule has 1 heterocycles. The molecule has 0 N–H and O–H groups in total. The summed E-state index contributed by atoms with van der Waals surface area (Å²) >= 11 is 0. The maximum absolute atomic E-state index is 10.4. The van der Waals surface area contributed by atoms with Crippen LogP contribution in [0, 0.1) is 0 Å². The third-order valence-electron chi connectivity index (χ3n) is 1.95. The number of hydrogen-bond donors (Lipinski definition) is 0. The van der Waals surface area contributed by atoms with Crippen LogP contribution in [0.5, 0.6) is 0 Å². The summed E-state index contributed by atoms with van der Waals surface area (Å²) in [4.78, 5) is 12.3. The van der Waals surface area contributed by atoms with Gasteiger partial charge in [0.1, 0.15) is 0 Å². The smallest absolute Gasteiger partial charge is 0.196 e. The second kappa shape index (κ2) is 5.44. The Morgan fingerprint density at radius 1 is 1.57 bits per heavy atom. The predicted molar refractivity (Wildman–Crippen MR) is 53.9 cm³/mol. The number of nitrogens with zero attached hydrogens (tertiary/aromatic N) is 1. The predicted octanol–water partition coefficient (Wildman–Crippen LogP) is 1.56. The summed E-state index contributed by atoms with van der Waals surface area (Å²) in [6, 6.07) is 3.45. The molecule has 0 unspecified atom stereocenters. The fourth-order valence-corrected chi connectivity index (χ4v) is 1.17. The Hall–Kier alpha value is -1.29. The van der Waals surface area contributed by atoms with E-state index in [1.807, 2.05) is 11.9 Å². The van der Waals surface area contributed by atoms with Gasteiger partial charge in [0.15, 0.2) is 17.9 Å². The first-order valence-electron chi connectivity index (χ1n) is 4.53. The lowest BCUT2D eigenvalue weighted by Gasteiger charge is -2.14. The second-order valence-corrected chi connectivity index (χ2v) is 3.06. The summed E-state index contributed by atoms with van der Waals surface area (Å²) in [5, 5.41) is 0. The van der Waals surface area contributed by atoms with E-state index < -0.39 is 0 Å². The standard InChI is InChI=1S/C10H15NO3/c1-11(6-3-7-13-2)10-5-4-9(8-12)14-10/h4-5,8H,3,6-7H2,1-2H3. The van der Waals surface area contributed by atoms with Crippen molar-refractivity contribution in [3.05, 3.63) is 17.9 Å². The topological polar surface area (TPSA) is 42.7 Å². The Labute approximate surface area is 83.5 Å². The van der Waals surface area contributed by atoms with Gasteiger partial charge >= 0.3 is 0 Å². The number of rotatable bonds is 6. The molecule has 4 heteroatoms. The van der Waals surface area contributed by atoms with E-state index in [9.17, 15) is 4.79 Å². The molecular formula is C10H15NO3. The van der Waals surface area contributed by atoms with E-state index in [0.717, 1.165) is 19.6 Å². The monoisotopic (exact) mass is 197 g/mol. The van der Waals surface area contributed by atoms with Crippen LogP contribution in [0.25, 0.3) is 0 Å². The third kappa shape index (κ3) is 2.88. The minimum absolute atomic E-state index is 0.360. The number of methoxy groups -OCH3 is 1. The molecule has 78 valence electrons. The minimum atomic E-state index is 0.360. The van der Waals surface area contributed by atoms with Crippen molar-refractivity contribution >= 4 is 12.2 Å². The van der Waals surface area contributed by atoms with Gasteiger partial charge in [-0.15, -0.1) is 0 Å². The molecule has 0 bridgehead atoms. The highest BCUT2D eigenvalue weighted by molar-refractivity contribution is 5.71. The van der Waals surface area contributed by atoms with Gasteiger partial charge in [-0.2, -0.15) is 0 Å². The van der Waals surface area contributed by atoms with Crippen LogP contribution in [0.1, 0.15) is 17.0 Å². The Morgan fingerprint density at radius 2 is 2.36 bits per heavy atom. The van der Waals surface area contributed by atoms with Crippen LogP contribution in [0.3, 0.4) is 0 Å². The van der Waals surface area contributed by atoms with Crippen molar-refractivity contribution in [2.75, 3.05) is 32.2 Å². The molecule has 0 radical (unpaired) electrons. The highest BCUT2D eigenvalue weighted by Crippen LogP contribution is 2.15. The molecule has 0 aliphatic rings. The number of hydrogen-bond acceptors (Lipinski definition) is 4. The van der Waals surface area contributed by atoms with E-state index in [-0.39, 0.29) is 0 Å². The molecule has 0 amide bonds. The average molecular weight is 197 g/mol. The van der Waals surface area contributed by atoms with E-state index in [1.165, 1.54) is 0 Å². The molecule has 0 aromatic carbocycles. The van der Waals surface area contributed by atoms with Crippen LogP contribution in [0.2, 0.25) is 0 Å². The molecule has 0 aliphatic carbocycles. The van der Waals surface area contributed by atoms with Gasteiger partial charge in [0.25, 0.3) is 0 Å². The average Bonchev–Trinajstić information content (AvgIpc) is 2.66. The van der Waals surface area contributed by atoms with Gasteiger partial charge in [-0.25, -0.2) is 0 Å². The van der Waals surface area contributed by atoms with Gasteiger partial charge in [0, 0.05) is 33.4 Å². The summed E-state index contributed by atoms with van der Waals surface area (Å²) < 4.78 is 10.2. The number of aldehydes is 1. The third-order valence-corrected chi connectivity index (χ3v) is 1.95. The van der Waals surface area contributed by atoms with Crippen LogP contribution in [0.15, 0.2) is 16.5 Å². The van der Waals surface area contributed by atoms with Crippen LogP contribution >= 0.6 is 0 Å². The maximum atomic E-state index is 10.4. The molecule has 0 spiro atoms. The van der Waals surface area contributed by atoms with E-state index in [4.69, 9.17) is 9.15 Å². The van der Waals surface area contributed by atoms with Gasteiger partial charge in [-0.1, -0.05) is 0 Å². The van der Waals surface area contributed by atoms with E-state index in [0.29, 0.717) is 17.9 Å². The molecule has 1 aromatic heterocycles. The van der Waals surface area contributed by atoms with Gasteiger partial charge in [0.05, 0.1) is 0 Å². The minimum Gasteiger partial charge on any atom is -0.438 e. The zero-order chi connectivity index (χ0) is 10.4. The van der Waals surface area contributed by atoms with Crippen molar-refractivity contribution in [1.82, 2.24) is 0 Å². The number of ether oxygens (including phenoxy) is 1. The lowest BCUT2D eigenvalue weighted by atomic mass is 10.4. The molecule has 0 aliphatic heterocycles. The molecule has 0 atom stereocenters. The molecule has 0 saturated heterocycles. The Morgan fingerprint density at radius 3 is 2.93 bits per heavy atom. The van der Waals surface area contributed by atoms with Gasteiger partial charge in [0.2, 0.25) is 0 Å². The number of carbonyl (C=O) groups excluding carboxylic acids is 1. The quantitative estimate of drug-likeness (QED) is 0.512. The fourth-order valence-electron chi connectivity index (χ4n) is 1.17. The molecule has 0 fully saturated rings. The highest BCUT2D eigenvalue weighted by Gasteiger charge is 2.05. The molecular weight excluding hydrogens is 182 g/mol.